The summed E-state index contributed by atoms with van der Waals surface area (Å²) in [6, 6.07) is 7.76. The number of nitrogens with zero attached hydrogens (tertiary/aromatic N) is 2. The van der Waals surface area contributed by atoms with Gasteiger partial charge in [-0.25, -0.2) is 9.38 Å². The lowest BCUT2D eigenvalue weighted by Gasteiger charge is -1.95. The molecule has 1 amide bonds. The molecule has 0 unspecified atom stereocenters. The van der Waals surface area contributed by atoms with E-state index in [0.717, 1.165) is 5.56 Å². The van der Waals surface area contributed by atoms with Crippen LogP contribution in [0.5, 0.6) is 0 Å². The topological polar surface area (TPSA) is 53.2 Å². The summed E-state index contributed by atoms with van der Waals surface area (Å²) >= 11 is 1.19. The van der Waals surface area contributed by atoms with Gasteiger partial charge in [-0.3, -0.25) is 4.79 Å². The van der Waals surface area contributed by atoms with Crippen molar-refractivity contribution >= 4 is 28.8 Å². The number of rotatable bonds is 2. The standard InChI is InChI=1S/C12H7FN2OS/c13-9-3-1-8(2-4-9)7-10-12(16)15-11(17-10)5-6-14/h1-4,7H,5H2/b10-7+. The number of aliphatic imine (C=N–C) groups is 1. The van der Waals surface area contributed by atoms with Gasteiger partial charge in [0, 0.05) is 0 Å². The Bertz CT molecular complexity index is 555. The zero-order valence-electron chi connectivity index (χ0n) is 8.68. The van der Waals surface area contributed by atoms with Crippen molar-refractivity contribution in [3.05, 3.63) is 40.6 Å². The summed E-state index contributed by atoms with van der Waals surface area (Å²) in [4.78, 5) is 15.7. The van der Waals surface area contributed by atoms with Crippen molar-refractivity contribution in [3.63, 3.8) is 0 Å². The number of hydrogen-bond donors (Lipinski definition) is 0. The quantitative estimate of drug-likeness (QED) is 0.754. The Labute approximate surface area is 102 Å². The van der Waals surface area contributed by atoms with Crippen molar-refractivity contribution in [3.8, 4) is 6.07 Å². The SMILES string of the molecule is N#CCC1=NC(=O)/C(=C\c2ccc(F)cc2)S1. The summed E-state index contributed by atoms with van der Waals surface area (Å²) in [6.45, 7) is 0. The van der Waals surface area contributed by atoms with E-state index in [1.807, 2.05) is 6.07 Å². The van der Waals surface area contributed by atoms with Gasteiger partial charge in [-0.2, -0.15) is 5.26 Å². The van der Waals surface area contributed by atoms with Gasteiger partial charge in [-0.1, -0.05) is 23.9 Å². The van der Waals surface area contributed by atoms with Crippen LogP contribution in [0.4, 0.5) is 4.39 Å². The van der Waals surface area contributed by atoms with Gasteiger partial charge in [-0.05, 0) is 23.8 Å². The molecule has 0 saturated carbocycles. The highest BCUT2D eigenvalue weighted by Gasteiger charge is 2.21. The molecule has 0 aromatic heterocycles. The fraction of sp³-hybridized carbons (Fsp3) is 0.0833. The molecule has 1 aromatic carbocycles. The predicted molar refractivity (Wildman–Crippen MR) is 64.6 cm³/mol. The van der Waals surface area contributed by atoms with E-state index >= 15 is 0 Å². The van der Waals surface area contributed by atoms with Gasteiger partial charge in [0.25, 0.3) is 5.91 Å². The largest absolute Gasteiger partial charge is 0.284 e. The van der Waals surface area contributed by atoms with E-state index in [4.69, 9.17) is 5.26 Å². The average Bonchev–Trinajstić information content (AvgIpc) is 2.63. The minimum Gasteiger partial charge on any atom is -0.266 e. The van der Waals surface area contributed by atoms with Crippen LogP contribution in [-0.2, 0) is 4.79 Å². The van der Waals surface area contributed by atoms with Gasteiger partial charge >= 0.3 is 0 Å². The van der Waals surface area contributed by atoms with Crippen LogP contribution in [0, 0.1) is 17.1 Å². The number of thioether (sulfide) groups is 1. The first-order chi connectivity index (χ1) is 8.19. The van der Waals surface area contributed by atoms with Crippen molar-refractivity contribution in [2.24, 2.45) is 4.99 Å². The minimum absolute atomic E-state index is 0.136. The molecular weight excluding hydrogens is 239 g/mol. The fourth-order valence-electron chi connectivity index (χ4n) is 1.31. The van der Waals surface area contributed by atoms with E-state index in [1.165, 1.54) is 23.9 Å². The van der Waals surface area contributed by atoms with Gasteiger partial charge in [0.1, 0.15) is 5.82 Å². The lowest BCUT2D eigenvalue weighted by molar-refractivity contribution is -0.113. The number of carbonyl (C=O) groups excluding carboxylic acids is 1. The number of halogens is 1. The maximum atomic E-state index is 12.7. The molecule has 0 atom stereocenters. The van der Waals surface area contributed by atoms with Gasteiger partial charge in [0.2, 0.25) is 0 Å². The summed E-state index contributed by atoms with van der Waals surface area (Å²) in [7, 11) is 0. The maximum absolute atomic E-state index is 12.7. The first-order valence-corrected chi connectivity index (χ1v) is 5.64. The van der Waals surface area contributed by atoms with Gasteiger partial charge in [0.15, 0.2) is 0 Å². The van der Waals surface area contributed by atoms with Gasteiger partial charge in [0.05, 0.1) is 22.4 Å². The second kappa shape index (κ2) is 4.93. The number of benzene rings is 1. The van der Waals surface area contributed by atoms with Crippen LogP contribution < -0.4 is 0 Å². The molecule has 0 saturated heterocycles. The average molecular weight is 246 g/mol. The predicted octanol–water partition coefficient (Wildman–Crippen LogP) is 2.75. The van der Waals surface area contributed by atoms with Crippen LogP contribution in [0.2, 0.25) is 0 Å². The molecule has 0 bridgehead atoms. The van der Waals surface area contributed by atoms with E-state index in [1.54, 1.807) is 18.2 Å². The van der Waals surface area contributed by atoms with E-state index in [2.05, 4.69) is 4.99 Å². The Morgan fingerprint density at radius 2 is 2.12 bits per heavy atom. The normalized spacial score (nSPS) is 17.1. The minimum atomic E-state index is -0.343. The summed E-state index contributed by atoms with van der Waals surface area (Å²) in [5.74, 6) is -0.663. The van der Waals surface area contributed by atoms with Crippen LogP contribution >= 0.6 is 11.8 Å². The molecule has 2 rings (SSSR count). The van der Waals surface area contributed by atoms with Crippen molar-refractivity contribution in [1.82, 2.24) is 0 Å². The summed E-state index contributed by atoms with van der Waals surface area (Å²) in [6.07, 6.45) is 1.78. The Morgan fingerprint density at radius 1 is 1.41 bits per heavy atom. The van der Waals surface area contributed by atoms with Crippen LogP contribution in [-0.4, -0.2) is 11.0 Å². The third-order valence-electron chi connectivity index (χ3n) is 2.06. The first kappa shape index (κ1) is 11.6. The lowest BCUT2D eigenvalue weighted by atomic mass is 10.2. The highest BCUT2D eigenvalue weighted by Crippen LogP contribution is 2.29. The van der Waals surface area contributed by atoms with Crippen LogP contribution in [0.3, 0.4) is 0 Å². The van der Waals surface area contributed by atoms with Crippen LogP contribution in [0.15, 0.2) is 34.2 Å². The molecule has 1 aliphatic rings. The molecule has 17 heavy (non-hydrogen) atoms. The number of hydrogen-bond acceptors (Lipinski definition) is 3. The molecule has 3 nitrogen and oxygen atoms in total. The van der Waals surface area contributed by atoms with E-state index in [0.29, 0.717) is 9.95 Å². The Balaban J connectivity index is 2.18. The molecule has 0 radical (unpaired) electrons. The molecule has 1 aromatic rings. The second-order valence-corrected chi connectivity index (χ2v) is 4.42. The second-order valence-electron chi connectivity index (χ2n) is 3.31. The number of carbonyl (C=O) groups is 1. The molecule has 1 heterocycles. The molecule has 0 aliphatic carbocycles. The monoisotopic (exact) mass is 246 g/mol. The smallest absolute Gasteiger partial charge is 0.266 e. The molecule has 1 aliphatic heterocycles. The van der Waals surface area contributed by atoms with Crippen molar-refractivity contribution < 1.29 is 9.18 Å². The molecular formula is C12H7FN2OS. The van der Waals surface area contributed by atoms with Gasteiger partial charge < -0.3 is 0 Å². The molecule has 0 fully saturated rings. The van der Waals surface area contributed by atoms with Crippen molar-refractivity contribution in [2.75, 3.05) is 0 Å². The zero-order chi connectivity index (χ0) is 12.3. The van der Waals surface area contributed by atoms with E-state index in [9.17, 15) is 9.18 Å². The Hall–Kier alpha value is -1.93. The molecule has 84 valence electrons. The van der Waals surface area contributed by atoms with Crippen molar-refractivity contribution in [1.29, 1.82) is 5.26 Å². The van der Waals surface area contributed by atoms with Gasteiger partial charge in [-0.15, -0.1) is 0 Å². The first-order valence-electron chi connectivity index (χ1n) is 4.83. The van der Waals surface area contributed by atoms with Crippen molar-refractivity contribution in [2.45, 2.75) is 6.42 Å². The number of nitriles is 1. The summed E-state index contributed by atoms with van der Waals surface area (Å²) < 4.78 is 12.7. The highest BCUT2D eigenvalue weighted by molar-refractivity contribution is 8.18. The zero-order valence-corrected chi connectivity index (χ0v) is 9.50. The summed E-state index contributed by atoms with van der Waals surface area (Å²) in [5.41, 5.74) is 0.732. The van der Waals surface area contributed by atoms with E-state index in [-0.39, 0.29) is 18.1 Å². The van der Waals surface area contributed by atoms with Crippen LogP contribution in [0.25, 0.3) is 6.08 Å². The summed E-state index contributed by atoms with van der Waals surface area (Å²) in [5, 5.41) is 9.01. The Kier molecular flexibility index (Phi) is 3.35. The Morgan fingerprint density at radius 3 is 2.76 bits per heavy atom. The van der Waals surface area contributed by atoms with Crippen LogP contribution in [0.1, 0.15) is 12.0 Å². The molecule has 0 N–H and O–H groups in total. The number of amides is 1. The third-order valence-corrected chi connectivity index (χ3v) is 3.05. The van der Waals surface area contributed by atoms with E-state index < -0.39 is 0 Å². The lowest BCUT2D eigenvalue weighted by Crippen LogP contribution is -1.87. The molecule has 0 spiro atoms. The maximum Gasteiger partial charge on any atom is 0.284 e. The highest BCUT2D eigenvalue weighted by atomic mass is 32.2. The molecule has 5 heteroatoms. The third kappa shape index (κ3) is 2.80. The fourth-order valence-corrected chi connectivity index (χ4v) is 2.15.